The highest BCUT2D eigenvalue weighted by Crippen LogP contribution is 2.25. The Kier molecular flexibility index (Phi) is 4.45. The second kappa shape index (κ2) is 7.06. The maximum absolute atomic E-state index is 12.7. The largest absolute Gasteiger partial charge is 0.478 e. The summed E-state index contributed by atoms with van der Waals surface area (Å²) in [6.45, 7) is 1.11. The van der Waals surface area contributed by atoms with Gasteiger partial charge in [0.2, 0.25) is 0 Å². The van der Waals surface area contributed by atoms with Gasteiger partial charge in [0.25, 0.3) is 5.91 Å². The molecule has 3 aromatic rings. The van der Waals surface area contributed by atoms with Gasteiger partial charge in [-0.2, -0.15) is 5.10 Å². The van der Waals surface area contributed by atoms with Gasteiger partial charge in [-0.15, -0.1) is 0 Å². The van der Waals surface area contributed by atoms with Crippen LogP contribution in [0.1, 0.15) is 39.7 Å². The lowest BCUT2D eigenvalue weighted by molar-refractivity contribution is 0.0678. The maximum Gasteiger partial charge on any atom is 0.338 e. The van der Waals surface area contributed by atoms with E-state index in [2.05, 4.69) is 10.3 Å². The van der Waals surface area contributed by atoms with Crippen LogP contribution in [0.2, 0.25) is 0 Å². The molecule has 138 valence electrons. The zero-order chi connectivity index (χ0) is 18.8. The summed E-state index contributed by atoms with van der Waals surface area (Å²) in [6.07, 6.45) is 4.29. The van der Waals surface area contributed by atoms with E-state index >= 15 is 0 Å². The van der Waals surface area contributed by atoms with Crippen molar-refractivity contribution in [3.05, 3.63) is 60.0 Å². The molecule has 4 rings (SSSR count). The van der Waals surface area contributed by atoms with E-state index in [4.69, 9.17) is 9.63 Å². The molecule has 8 heteroatoms. The molecule has 0 aliphatic carbocycles. The van der Waals surface area contributed by atoms with Crippen LogP contribution in [0.4, 0.5) is 0 Å². The summed E-state index contributed by atoms with van der Waals surface area (Å²) in [4.78, 5) is 25.4. The highest BCUT2D eigenvalue weighted by Gasteiger charge is 2.27. The second-order valence-corrected chi connectivity index (χ2v) is 6.48. The molecule has 0 spiro atoms. The Labute approximate surface area is 155 Å². The molecule has 0 unspecified atom stereocenters. The molecular weight excluding hydrogens is 348 g/mol. The maximum atomic E-state index is 12.7. The Morgan fingerprint density at radius 3 is 2.56 bits per heavy atom. The topological polar surface area (TPSA) is 101 Å². The lowest BCUT2D eigenvalue weighted by Gasteiger charge is -2.31. The zero-order valence-corrected chi connectivity index (χ0v) is 14.5. The molecule has 3 heterocycles. The van der Waals surface area contributed by atoms with Gasteiger partial charge in [0.15, 0.2) is 11.5 Å². The van der Waals surface area contributed by atoms with Gasteiger partial charge in [-0.25, -0.2) is 4.79 Å². The Morgan fingerprint density at radius 2 is 1.89 bits per heavy atom. The van der Waals surface area contributed by atoms with E-state index in [1.807, 2.05) is 30.3 Å². The summed E-state index contributed by atoms with van der Waals surface area (Å²) < 4.78 is 6.99. The quantitative estimate of drug-likeness (QED) is 0.762. The van der Waals surface area contributed by atoms with Crippen LogP contribution in [-0.4, -0.2) is 49.9 Å². The molecule has 1 aliphatic heterocycles. The number of carbonyl (C=O) groups excluding carboxylic acids is 1. The average molecular weight is 366 g/mol. The van der Waals surface area contributed by atoms with Crippen LogP contribution < -0.4 is 0 Å². The van der Waals surface area contributed by atoms with Gasteiger partial charge in [-0.1, -0.05) is 35.5 Å². The molecule has 0 bridgehead atoms. The van der Waals surface area contributed by atoms with Crippen molar-refractivity contribution in [3.63, 3.8) is 0 Å². The molecule has 1 saturated heterocycles. The van der Waals surface area contributed by atoms with Crippen molar-refractivity contribution in [2.75, 3.05) is 13.1 Å². The lowest BCUT2D eigenvalue weighted by Crippen LogP contribution is -2.39. The van der Waals surface area contributed by atoms with Crippen LogP contribution in [0.5, 0.6) is 0 Å². The van der Waals surface area contributed by atoms with Crippen LogP contribution >= 0.6 is 0 Å². The Hall–Kier alpha value is -3.42. The molecule has 1 fully saturated rings. The van der Waals surface area contributed by atoms with Crippen molar-refractivity contribution in [2.45, 2.75) is 18.9 Å². The second-order valence-electron chi connectivity index (χ2n) is 6.48. The van der Waals surface area contributed by atoms with Crippen molar-refractivity contribution in [3.8, 4) is 11.3 Å². The molecule has 0 saturated carbocycles. The number of rotatable bonds is 4. The summed E-state index contributed by atoms with van der Waals surface area (Å²) >= 11 is 0. The van der Waals surface area contributed by atoms with Gasteiger partial charge in [0.1, 0.15) is 0 Å². The summed E-state index contributed by atoms with van der Waals surface area (Å²) in [7, 11) is 0. The van der Waals surface area contributed by atoms with Gasteiger partial charge in [0.05, 0.1) is 17.8 Å². The van der Waals surface area contributed by atoms with Crippen LogP contribution in [-0.2, 0) is 0 Å². The van der Waals surface area contributed by atoms with E-state index in [0.29, 0.717) is 37.4 Å². The molecule has 8 nitrogen and oxygen atoms in total. The number of hydrogen-bond donors (Lipinski definition) is 1. The molecule has 0 atom stereocenters. The molecule has 1 amide bonds. The predicted molar refractivity (Wildman–Crippen MR) is 95.3 cm³/mol. The van der Waals surface area contributed by atoms with Crippen LogP contribution in [0.25, 0.3) is 11.3 Å². The monoisotopic (exact) mass is 366 g/mol. The fourth-order valence-electron chi connectivity index (χ4n) is 3.26. The number of carbonyl (C=O) groups is 2. The number of carboxylic acid groups (broad SMARTS) is 1. The first-order valence-electron chi connectivity index (χ1n) is 8.70. The van der Waals surface area contributed by atoms with Crippen molar-refractivity contribution >= 4 is 11.9 Å². The fraction of sp³-hybridized carbons (Fsp3) is 0.263. The van der Waals surface area contributed by atoms with Crippen molar-refractivity contribution < 1.29 is 19.2 Å². The number of benzene rings is 1. The number of carboxylic acids is 1. The van der Waals surface area contributed by atoms with Gasteiger partial charge in [0, 0.05) is 30.9 Å². The van der Waals surface area contributed by atoms with E-state index in [9.17, 15) is 9.59 Å². The number of nitrogens with zero attached hydrogens (tertiary/aromatic N) is 4. The molecule has 0 radical (unpaired) electrons. The number of hydrogen-bond acceptors (Lipinski definition) is 5. The summed E-state index contributed by atoms with van der Waals surface area (Å²) in [5.74, 6) is -0.591. The first kappa shape index (κ1) is 17.0. The highest BCUT2D eigenvalue weighted by molar-refractivity contribution is 5.93. The SMILES string of the molecule is O=C(O)c1cnn(C2CCN(C(=O)c3cc(-c4ccccc4)on3)CC2)c1. The van der Waals surface area contributed by atoms with E-state index < -0.39 is 5.97 Å². The number of piperidine rings is 1. The van der Waals surface area contributed by atoms with E-state index in [1.54, 1.807) is 15.6 Å². The fourth-order valence-corrected chi connectivity index (χ4v) is 3.26. The minimum atomic E-state index is -0.992. The smallest absolute Gasteiger partial charge is 0.338 e. The Bertz CT molecular complexity index is 955. The number of amides is 1. The number of aromatic nitrogens is 3. The minimum Gasteiger partial charge on any atom is -0.478 e. The Balaban J connectivity index is 1.40. The first-order valence-corrected chi connectivity index (χ1v) is 8.70. The summed E-state index contributed by atoms with van der Waals surface area (Å²) in [5.41, 5.74) is 1.33. The number of aromatic carboxylic acids is 1. The molecule has 1 N–H and O–H groups in total. The zero-order valence-electron chi connectivity index (χ0n) is 14.5. The van der Waals surface area contributed by atoms with Crippen LogP contribution in [0.3, 0.4) is 0 Å². The number of likely N-dealkylation sites (tertiary alicyclic amines) is 1. The molecular formula is C19H18N4O4. The first-order chi connectivity index (χ1) is 13.1. The molecule has 2 aromatic heterocycles. The van der Waals surface area contributed by atoms with Gasteiger partial charge < -0.3 is 14.5 Å². The van der Waals surface area contributed by atoms with Crippen LogP contribution in [0.15, 0.2) is 53.3 Å². The summed E-state index contributed by atoms with van der Waals surface area (Å²) in [6, 6.07) is 11.3. The van der Waals surface area contributed by atoms with Gasteiger partial charge in [-0.05, 0) is 12.8 Å². The third kappa shape index (κ3) is 3.46. The summed E-state index contributed by atoms with van der Waals surface area (Å²) in [5, 5.41) is 17.0. The minimum absolute atomic E-state index is 0.0827. The normalized spacial score (nSPS) is 15.0. The predicted octanol–water partition coefficient (Wildman–Crippen LogP) is 2.71. The van der Waals surface area contributed by atoms with Crippen LogP contribution in [0, 0.1) is 0 Å². The van der Waals surface area contributed by atoms with Crippen molar-refractivity contribution in [1.29, 1.82) is 0 Å². The Morgan fingerprint density at radius 1 is 1.15 bits per heavy atom. The third-order valence-corrected chi connectivity index (χ3v) is 4.76. The molecule has 27 heavy (non-hydrogen) atoms. The molecule has 1 aromatic carbocycles. The average Bonchev–Trinajstić information content (AvgIpc) is 3.38. The molecule has 1 aliphatic rings. The highest BCUT2D eigenvalue weighted by atomic mass is 16.5. The van der Waals surface area contributed by atoms with E-state index in [0.717, 1.165) is 5.56 Å². The van der Waals surface area contributed by atoms with E-state index in [1.165, 1.54) is 12.4 Å². The van der Waals surface area contributed by atoms with Crippen molar-refractivity contribution in [2.24, 2.45) is 0 Å². The standard InChI is InChI=1S/C19H18N4O4/c24-18(16-10-17(27-21-16)13-4-2-1-3-5-13)22-8-6-15(7-9-22)23-12-14(11-20-23)19(25)26/h1-5,10-12,15H,6-9H2,(H,25,26). The van der Waals surface area contributed by atoms with E-state index in [-0.39, 0.29) is 17.5 Å². The van der Waals surface area contributed by atoms with Gasteiger partial charge >= 0.3 is 5.97 Å². The van der Waals surface area contributed by atoms with Gasteiger partial charge in [-0.3, -0.25) is 9.48 Å². The van der Waals surface area contributed by atoms with Crippen molar-refractivity contribution in [1.82, 2.24) is 19.8 Å². The third-order valence-electron chi connectivity index (χ3n) is 4.76. The lowest BCUT2D eigenvalue weighted by atomic mass is 10.0.